The van der Waals surface area contributed by atoms with Gasteiger partial charge in [0.15, 0.2) is 5.96 Å². The summed E-state index contributed by atoms with van der Waals surface area (Å²) < 4.78 is 0. The Morgan fingerprint density at radius 2 is 1.30 bits per heavy atom. The van der Waals surface area contributed by atoms with E-state index in [4.69, 9.17) is 28.3 Å². The van der Waals surface area contributed by atoms with E-state index in [-0.39, 0.29) is 37.6 Å². The van der Waals surface area contributed by atoms with Crippen molar-refractivity contribution < 1.29 is 19.2 Å². The third-order valence-electron chi connectivity index (χ3n) is 7.18. The maximum absolute atomic E-state index is 13.8. The zero-order chi connectivity index (χ0) is 33.5. The Bertz CT molecular complexity index is 1510. The third-order valence-corrected chi connectivity index (χ3v) is 7.18. The SMILES string of the molecule is N=C(N)c1ccc(CC(C(=O)Nc2ccccc2)C(=O)N[C@@H](CCc2ccccc2)C(=O)N[C@@H](CCCN=C(N)N)C(N)=O)cc1. The first-order valence-electron chi connectivity index (χ1n) is 14.8. The molecular weight excluding hydrogens is 586 g/mol. The molecule has 4 amide bonds. The number of benzene rings is 3. The van der Waals surface area contributed by atoms with Crippen LogP contribution in [-0.2, 0) is 32.0 Å². The second-order valence-electron chi connectivity index (χ2n) is 10.7. The summed E-state index contributed by atoms with van der Waals surface area (Å²) >= 11 is 0. The van der Waals surface area contributed by atoms with Gasteiger partial charge in [-0.25, -0.2) is 0 Å². The number of nitrogens with one attached hydrogen (secondary N) is 4. The first-order valence-corrected chi connectivity index (χ1v) is 14.8. The average molecular weight is 628 g/mol. The molecule has 0 aliphatic rings. The lowest BCUT2D eigenvalue weighted by Crippen LogP contribution is -2.54. The number of para-hydroxylation sites is 1. The minimum atomic E-state index is -1.23. The van der Waals surface area contributed by atoms with Crippen molar-refractivity contribution in [1.29, 1.82) is 5.41 Å². The molecule has 46 heavy (non-hydrogen) atoms. The molecule has 0 radical (unpaired) electrons. The van der Waals surface area contributed by atoms with Crippen LogP contribution < -0.4 is 38.9 Å². The fourth-order valence-corrected chi connectivity index (χ4v) is 4.67. The van der Waals surface area contributed by atoms with Crippen molar-refractivity contribution in [1.82, 2.24) is 10.6 Å². The molecule has 0 spiro atoms. The number of hydrogen-bond donors (Lipinski definition) is 8. The molecule has 0 aliphatic carbocycles. The van der Waals surface area contributed by atoms with Crippen molar-refractivity contribution in [3.05, 3.63) is 102 Å². The quantitative estimate of drug-likeness (QED) is 0.0465. The van der Waals surface area contributed by atoms with Gasteiger partial charge in [-0.15, -0.1) is 0 Å². The molecule has 0 heterocycles. The van der Waals surface area contributed by atoms with Gasteiger partial charge in [-0.3, -0.25) is 29.6 Å². The molecule has 3 rings (SSSR count). The third kappa shape index (κ3) is 11.4. The van der Waals surface area contributed by atoms with Crippen LogP contribution in [-0.4, -0.2) is 54.1 Å². The van der Waals surface area contributed by atoms with Gasteiger partial charge in [0.1, 0.15) is 23.8 Å². The highest BCUT2D eigenvalue weighted by molar-refractivity contribution is 6.07. The molecule has 3 aromatic rings. The molecule has 0 aromatic heterocycles. The Labute approximate surface area is 267 Å². The van der Waals surface area contributed by atoms with E-state index in [1.165, 1.54) is 0 Å². The van der Waals surface area contributed by atoms with Crippen LogP contribution in [0.4, 0.5) is 5.69 Å². The summed E-state index contributed by atoms with van der Waals surface area (Å²) in [5.74, 6) is -4.06. The number of nitrogens with zero attached hydrogens (tertiary/aromatic N) is 1. The van der Waals surface area contributed by atoms with E-state index >= 15 is 0 Å². The van der Waals surface area contributed by atoms with Crippen molar-refractivity contribution in [2.45, 2.75) is 44.2 Å². The highest BCUT2D eigenvalue weighted by Gasteiger charge is 2.32. The summed E-state index contributed by atoms with van der Waals surface area (Å²) in [6.07, 6.45) is 1.16. The average Bonchev–Trinajstić information content (AvgIpc) is 3.03. The number of carbonyl (C=O) groups is 4. The number of aryl methyl sites for hydroxylation is 1. The fourth-order valence-electron chi connectivity index (χ4n) is 4.67. The molecule has 0 fully saturated rings. The Morgan fingerprint density at radius 3 is 1.89 bits per heavy atom. The molecule has 0 aliphatic heterocycles. The summed E-state index contributed by atoms with van der Waals surface area (Å²) in [7, 11) is 0. The topological polar surface area (TPSA) is 245 Å². The van der Waals surface area contributed by atoms with Crippen LogP contribution >= 0.6 is 0 Å². The van der Waals surface area contributed by atoms with Crippen LogP contribution in [0.2, 0.25) is 0 Å². The van der Waals surface area contributed by atoms with Gasteiger partial charge in [-0.05, 0) is 55.4 Å². The number of nitrogens with two attached hydrogens (primary N) is 4. The first kappa shape index (κ1) is 34.8. The fraction of sp³-hybridized carbons (Fsp3) is 0.273. The molecule has 13 nitrogen and oxygen atoms in total. The van der Waals surface area contributed by atoms with E-state index in [0.717, 1.165) is 5.56 Å². The van der Waals surface area contributed by atoms with E-state index in [2.05, 4.69) is 20.9 Å². The molecule has 3 aromatic carbocycles. The van der Waals surface area contributed by atoms with E-state index in [1.54, 1.807) is 54.6 Å². The summed E-state index contributed by atoms with van der Waals surface area (Å²) in [4.78, 5) is 57.0. The zero-order valence-electron chi connectivity index (χ0n) is 25.4. The number of hydrogen-bond acceptors (Lipinski definition) is 6. The number of primary amides is 1. The second kappa shape index (κ2) is 17.5. The summed E-state index contributed by atoms with van der Waals surface area (Å²) in [6, 6.07) is 22.6. The first-order chi connectivity index (χ1) is 22.0. The summed E-state index contributed by atoms with van der Waals surface area (Å²) in [5, 5.41) is 15.8. The van der Waals surface area contributed by atoms with E-state index in [0.29, 0.717) is 29.7 Å². The van der Waals surface area contributed by atoms with Gasteiger partial charge in [-0.2, -0.15) is 0 Å². The lowest BCUT2D eigenvalue weighted by atomic mass is 9.95. The van der Waals surface area contributed by atoms with Gasteiger partial charge < -0.3 is 38.9 Å². The van der Waals surface area contributed by atoms with Gasteiger partial charge in [0, 0.05) is 17.8 Å². The lowest BCUT2D eigenvalue weighted by Gasteiger charge is -2.24. The normalized spacial score (nSPS) is 12.5. The van der Waals surface area contributed by atoms with Crippen LogP contribution in [0.15, 0.2) is 89.9 Å². The van der Waals surface area contributed by atoms with Crippen LogP contribution in [0, 0.1) is 11.3 Å². The molecule has 13 heteroatoms. The molecular formula is C33H41N9O4. The van der Waals surface area contributed by atoms with Crippen molar-refractivity contribution in [3.63, 3.8) is 0 Å². The highest BCUT2D eigenvalue weighted by Crippen LogP contribution is 2.16. The van der Waals surface area contributed by atoms with Crippen LogP contribution in [0.5, 0.6) is 0 Å². The zero-order valence-corrected chi connectivity index (χ0v) is 25.4. The number of rotatable bonds is 17. The lowest BCUT2D eigenvalue weighted by molar-refractivity contribution is -0.136. The number of amidine groups is 1. The molecule has 1 unspecified atom stereocenters. The Hall–Kier alpha value is -5.72. The monoisotopic (exact) mass is 627 g/mol. The van der Waals surface area contributed by atoms with Gasteiger partial charge in [0.25, 0.3) is 0 Å². The number of carbonyl (C=O) groups excluding carboxylic acids is 4. The minimum Gasteiger partial charge on any atom is -0.384 e. The van der Waals surface area contributed by atoms with Gasteiger partial charge >= 0.3 is 0 Å². The van der Waals surface area contributed by atoms with Crippen LogP contribution in [0.3, 0.4) is 0 Å². The van der Waals surface area contributed by atoms with Gasteiger partial charge in [0.2, 0.25) is 23.6 Å². The van der Waals surface area contributed by atoms with Gasteiger partial charge in [0.05, 0.1) is 0 Å². The molecule has 3 atom stereocenters. The Kier molecular flexibility index (Phi) is 13.3. The van der Waals surface area contributed by atoms with Gasteiger partial charge in [-0.1, -0.05) is 72.8 Å². The summed E-state index contributed by atoms with van der Waals surface area (Å²) in [5.41, 5.74) is 24.4. The standard InChI is InChI=1S/C33H41N9O4/c34-28(35)23-16-13-22(14-17-23)20-25(30(44)40-24-10-5-2-6-11-24)31(45)42-27(18-15-21-8-3-1-4-9-21)32(46)41-26(29(36)43)12-7-19-39-33(37)38/h1-6,8-11,13-14,16-17,25-27H,7,12,15,18-20H2,(H3,34,35)(H2,36,43)(H,40,44)(H,41,46)(H,42,45)(H4,37,38,39)/t25?,26-,27-/m0/s1. The van der Waals surface area contributed by atoms with E-state index < -0.39 is 41.6 Å². The highest BCUT2D eigenvalue weighted by atomic mass is 16.2. The molecule has 0 saturated carbocycles. The Morgan fingerprint density at radius 1 is 0.696 bits per heavy atom. The van der Waals surface area contributed by atoms with Crippen molar-refractivity contribution in [2.24, 2.45) is 33.8 Å². The van der Waals surface area contributed by atoms with Crippen molar-refractivity contribution in [2.75, 3.05) is 11.9 Å². The van der Waals surface area contributed by atoms with Crippen molar-refractivity contribution >= 4 is 41.1 Å². The maximum atomic E-state index is 13.8. The van der Waals surface area contributed by atoms with Crippen LogP contribution in [0.25, 0.3) is 0 Å². The maximum Gasteiger partial charge on any atom is 0.243 e. The minimum absolute atomic E-state index is 0.00438. The number of guanidine groups is 1. The predicted molar refractivity (Wildman–Crippen MR) is 177 cm³/mol. The smallest absolute Gasteiger partial charge is 0.243 e. The van der Waals surface area contributed by atoms with E-state index in [1.807, 2.05) is 30.3 Å². The molecule has 0 saturated heterocycles. The Balaban J connectivity index is 1.84. The predicted octanol–water partition coefficient (Wildman–Crippen LogP) is 0.909. The largest absolute Gasteiger partial charge is 0.384 e. The van der Waals surface area contributed by atoms with Crippen LogP contribution in [0.1, 0.15) is 36.0 Å². The molecule has 242 valence electrons. The van der Waals surface area contributed by atoms with E-state index in [9.17, 15) is 19.2 Å². The number of nitrogen functional groups attached to an aromatic ring is 1. The number of amides is 4. The number of anilines is 1. The molecule has 12 N–H and O–H groups in total. The van der Waals surface area contributed by atoms with Crippen molar-refractivity contribution in [3.8, 4) is 0 Å². The number of aliphatic imine (C=N–C) groups is 1. The molecule has 0 bridgehead atoms. The second-order valence-corrected chi connectivity index (χ2v) is 10.7. The summed E-state index contributed by atoms with van der Waals surface area (Å²) in [6.45, 7) is 0.238.